The van der Waals surface area contributed by atoms with E-state index >= 15 is 0 Å². The van der Waals surface area contributed by atoms with Crippen molar-refractivity contribution in [3.8, 4) is 33.4 Å². The molecule has 0 saturated heterocycles. The molecule has 0 fully saturated rings. The second kappa shape index (κ2) is 9.59. The Morgan fingerprint density at radius 2 is 0.953 bits per heavy atom. The van der Waals surface area contributed by atoms with E-state index in [1.165, 1.54) is 64.3 Å². The number of rotatable bonds is 3. The van der Waals surface area contributed by atoms with E-state index in [9.17, 15) is 0 Å². The van der Waals surface area contributed by atoms with Crippen molar-refractivity contribution in [3.05, 3.63) is 146 Å². The summed E-state index contributed by atoms with van der Waals surface area (Å²) in [6.45, 7) is 0. The summed E-state index contributed by atoms with van der Waals surface area (Å²) in [6.07, 6.45) is 3.56. The SMILES string of the molecule is c1cc(-c2ccc(-c3ccc4c5ccccc5c5nccnc5c4c3)cc2)cc(-c2cccc3c2sc2ccccc23)c1. The van der Waals surface area contributed by atoms with Crippen molar-refractivity contribution in [2.45, 2.75) is 0 Å². The van der Waals surface area contributed by atoms with E-state index in [0.717, 1.165) is 21.8 Å². The van der Waals surface area contributed by atoms with Crippen molar-refractivity contribution >= 4 is 64.1 Å². The van der Waals surface area contributed by atoms with Gasteiger partial charge < -0.3 is 0 Å². The van der Waals surface area contributed by atoms with Crippen LogP contribution in [0.15, 0.2) is 146 Å². The highest BCUT2D eigenvalue weighted by atomic mass is 32.1. The van der Waals surface area contributed by atoms with E-state index in [0.29, 0.717) is 0 Å². The molecule has 43 heavy (non-hydrogen) atoms. The van der Waals surface area contributed by atoms with Gasteiger partial charge in [0.15, 0.2) is 0 Å². The fourth-order valence-electron chi connectivity index (χ4n) is 6.51. The zero-order chi connectivity index (χ0) is 28.3. The minimum Gasteiger partial charge on any atom is -0.252 e. The van der Waals surface area contributed by atoms with E-state index in [-0.39, 0.29) is 0 Å². The van der Waals surface area contributed by atoms with Crippen molar-refractivity contribution in [1.29, 1.82) is 0 Å². The Hall–Kier alpha value is -5.38. The third-order valence-corrected chi connectivity index (χ3v) is 9.79. The molecule has 2 aromatic heterocycles. The molecule has 0 aliphatic heterocycles. The van der Waals surface area contributed by atoms with Crippen molar-refractivity contribution in [2.75, 3.05) is 0 Å². The van der Waals surface area contributed by atoms with Crippen LogP contribution in [0.1, 0.15) is 0 Å². The van der Waals surface area contributed by atoms with Crippen LogP contribution in [-0.4, -0.2) is 9.97 Å². The predicted molar refractivity (Wildman–Crippen MR) is 184 cm³/mol. The normalized spacial score (nSPS) is 11.7. The number of hydrogen-bond acceptors (Lipinski definition) is 3. The predicted octanol–water partition coefficient (Wildman–Crippen LogP) is 11.3. The van der Waals surface area contributed by atoms with Gasteiger partial charge in [0, 0.05) is 43.3 Å². The summed E-state index contributed by atoms with van der Waals surface area (Å²) in [6, 6.07) is 48.4. The molecular formula is C40H24N2S. The first kappa shape index (κ1) is 24.2. The van der Waals surface area contributed by atoms with E-state index in [4.69, 9.17) is 9.97 Å². The highest BCUT2D eigenvalue weighted by Gasteiger charge is 2.13. The summed E-state index contributed by atoms with van der Waals surface area (Å²) in [5, 5.41) is 7.34. The molecule has 0 unspecified atom stereocenters. The van der Waals surface area contributed by atoms with Crippen molar-refractivity contribution in [3.63, 3.8) is 0 Å². The smallest absolute Gasteiger partial charge is 0.0971 e. The molecule has 0 N–H and O–H groups in total. The van der Waals surface area contributed by atoms with Crippen LogP contribution in [0.4, 0.5) is 0 Å². The van der Waals surface area contributed by atoms with Crippen LogP contribution in [0.2, 0.25) is 0 Å². The molecule has 0 spiro atoms. The highest BCUT2D eigenvalue weighted by Crippen LogP contribution is 2.41. The molecule has 9 rings (SSSR count). The zero-order valence-electron chi connectivity index (χ0n) is 23.2. The van der Waals surface area contributed by atoms with Gasteiger partial charge in [-0.2, -0.15) is 0 Å². The van der Waals surface area contributed by atoms with Crippen molar-refractivity contribution < 1.29 is 0 Å². The van der Waals surface area contributed by atoms with Gasteiger partial charge in [-0.3, -0.25) is 9.97 Å². The van der Waals surface area contributed by atoms with Gasteiger partial charge in [0.05, 0.1) is 11.0 Å². The molecule has 2 nitrogen and oxygen atoms in total. The largest absolute Gasteiger partial charge is 0.252 e. The van der Waals surface area contributed by atoms with Gasteiger partial charge in [0.25, 0.3) is 0 Å². The Bertz CT molecular complexity index is 2470. The second-order valence-electron chi connectivity index (χ2n) is 11.0. The van der Waals surface area contributed by atoms with Crippen LogP contribution in [0.5, 0.6) is 0 Å². The Morgan fingerprint density at radius 3 is 1.77 bits per heavy atom. The van der Waals surface area contributed by atoms with E-state index < -0.39 is 0 Å². The summed E-state index contributed by atoms with van der Waals surface area (Å²) in [5.74, 6) is 0. The fraction of sp³-hybridized carbons (Fsp3) is 0. The van der Waals surface area contributed by atoms with Gasteiger partial charge in [-0.15, -0.1) is 11.3 Å². The van der Waals surface area contributed by atoms with Crippen molar-refractivity contribution in [1.82, 2.24) is 9.97 Å². The standard InChI is InChI=1S/C40H24N2S/c1-2-11-34-31(9-1)32-20-19-28(24-36(32)39-38(34)41-21-22-42-39)26-17-15-25(16-18-26)27-7-5-8-29(23-27)30-12-6-13-35-33-10-3-4-14-37(33)43-40(30)35/h1-24H. The Balaban J connectivity index is 1.11. The molecule has 0 amide bonds. The average Bonchev–Trinajstić information content (AvgIpc) is 3.47. The molecule has 0 bridgehead atoms. The second-order valence-corrected chi connectivity index (χ2v) is 12.1. The lowest BCUT2D eigenvalue weighted by atomic mass is 9.94. The summed E-state index contributed by atoms with van der Waals surface area (Å²) in [7, 11) is 0. The molecule has 200 valence electrons. The Morgan fingerprint density at radius 1 is 0.372 bits per heavy atom. The van der Waals surface area contributed by atoms with Gasteiger partial charge in [0.2, 0.25) is 0 Å². The quantitative estimate of drug-likeness (QED) is 0.199. The van der Waals surface area contributed by atoms with Crippen molar-refractivity contribution in [2.24, 2.45) is 0 Å². The zero-order valence-corrected chi connectivity index (χ0v) is 24.0. The van der Waals surface area contributed by atoms with E-state index in [1.807, 2.05) is 11.3 Å². The number of fused-ring (bicyclic) bond motifs is 9. The van der Waals surface area contributed by atoms with Gasteiger partial charge in [-0.25, -0.2) is 0 Å². The summed E-state index contributed by atoms with van der Waals surface area (Å²) in [4.78, 5) is 9.45. The molecule has 0 aliphatic rings. The minimum atomic E-state index is 0.945. The first-order valence-electron chi connectivity index (χ1n) is 14.5. The van der Waals surface area contributed by atoms with Crippen LogP contribution in [0.25, 0.3) is 86.1 Å². The monoisotopic (exact) mass is 564 g/mol. The third-order valence-electron chi connectivity index (χ3n) is 8.57. The lowest BCUT2D eigenvalue weighted by molar-refractivity contribution is 1.31. The lowest BCUT2D eigenvalue weighted by Crippen LogP contribution is -1.89. The van der Waals surface area contributed by atoms with Crippen LogP contribution in [-0.2, 0) is 0 Å². The first-order chi connectivity index (χ1) is 21.3. The van der Waals surface area contributed by atoms with Crippen LogP contribution >= 0.6 is 11.3 Å². The van der Waals surface area contributed by atoms with E-state index in [2.05, 4.69) is 133 Å². The molecule has 2 heterocycles. The van der Waals surface area contributed by atoms with Crippen LogP contribution < -0.4 is 0 Å². The molecule has 0 saturated carbocycles. The molecule has 3 heteroatoms. The number of aromatic nitrogens is 2. The topological polar surface area (TPSA) is 25.8 Å². The Kier molecular flexibility index (Phi) is 5.40. The van der Waals surface area contributed by atoms with Gasteiger partial charge in [0.1, 0.15) is 0 Å². The van der Waals surface area contributed by atoms with Gasteiger partial charge in [-0.05, 0) is 62.4 Å². The maximum absolute atomic E-state index is 4.75. The van der Waals surface area contributed by atoms with Crippen LogP contribution in [0.3, 0.4) is 0 Å². The number of hydrogen-bond donors (Lipinski definition) is 0. The maximum Gasteiger partial charge on any atom is 0.0971 e. The molecule has 0 atom stereocenters. The van der Waals surface area contributed by atoms with Gasteiger partial charge >= 0.3 is 0 Å². The molecule has 0 radical (unpaired) electrons. The average molecular weight is 565 g/mol. The lowest BCUT2D eigenvalue weighted by Gasteiger charge is -2.11. The number of benzene rings is 7. The minimum absolute atomic E-state index is 0.945. The third kappa shape index (κ3) is 3.86. The highest BCUT2D eigenvalue weighted by molar-refractivity contribution is 7.26. The maximum atomic E-state index is 4.75. The summed E-state index contributed by atoms with van der Waals surface area (Å²) < 4.78 is 2.68. The molecule has 0 aliphatic carbocycles. The Labute approximate surface area is 252 Å². The molecule has 9 aromatic rings. The first-order valence-corrected chi connectivity index (χ1v) is 15.3. The number of nitrogens with zero attached hydrogens (tertiary/aromatic N) is 2. The fourth-order valence-corrected chi connectivity index (χ4v) is 7.75. The summed E-state index contributed by atoms with van der Waals surface area (Å²) >= 11 is 1.88. The molecule has 7 aromatic carbocycles. The van der Waals surface area contributed by atoms with Crippen LogP contribution in [0, 0.1) is 0 Å². The number of thiophene rings is 1. The van der Waals surface area contributed by atoms with Gasteiger partial charge in [-0.1, -0.05) is 115 Å². The van der Waals surface area contributed by atoms with E-state index in [1.54, 1.807) is 12.4 Å². The molecular weight excluding hydrogens is 541 g/mol. The summed E-state index contributed by atoms with van der Waals surface area (Å²) in [5.41, 5.74) is 9.20.